The molecule has 0 aliphatic heterocycles. The van der Waals surface area contributed by atoms with Gasteiger partial charge in [0, 0.05) is 23.6 Å². The van der Waals surface area contributed by atoms with Gasteiger partial charge in [-0.2, -0.15) is 0 Å². The standard InChI is InChI=1S/C22H19ClFN3O2/c1-2-27(17-11-7-15(24)8-12-17)18-13-9-16(10-14-18)25-22(29)26-21(28)19-5-3-4-6-20(19)23/h3-14H,2H2,1H3,(H2,25,26,28,29). The average molecular weight is 412 g/mol. The Morgan fingerprint density at radius 3 is 2.10 bits per heavy atom. The molecule has 0 unspecified atom stereocenters. The van der Waals surface area contributed by atoms with Crippen LogP contribution in [0.2, 0.25) is 5.02 Å². The summed E-state index contributed by atoms with van der Waals surface area (Å²) >= 11 is 5.96. The Labute approximate surface area is 173 Å². The van der Waals surface area contributed by atoms with Gasteiger partial charge in [0.05, 0.1) is 10.6 Å². The third-order valence-electron chi connectivity index (χ3n) is 4.24. The number of carbonyl (C=O) groups is 2. The zero-order valence-corrected chi connectivity index (χ0v) is 16.4. The number of hydrogen-bond donors (Lipinski definition) is 2. The van der Waals surface area contributed by atoms with Gasteiger partial charge < -0.3 is 10.2 Å². The van der Waals surface area contributed by atoms with Gasteiger partial charge in [-0.3, -0.25) is 10.1 Å². The van der Waals surface area contributed by atoms with Gasteiger partial charge in [0.1, 0.15) is 5.82 Å². The molecule has 0 aliphatic carbocycles. The molecule has 0 aromatic heterocycles. The molecular formula is C22H19ClFN3O2. The quantitative estimate of drug-likeness (QED) is 0.574. The van der Waals surface area contributed by atoms with Crippen LogP contribution in [0.25, 0.3) is 0 Å². The van der Waals surface area contributed by atoms with Gasteiger partial charge in [0.25, 0.3) is 5.91 Å². The van der Waals surface area contributed by atoms with E-state index >= 15 is 0 Å². The first-order valence-electron chi connectivity index (χ1n) is 8.98. The number of nitrogens with zero attached hydrogens (tertiary/aromatic N) is 1. The molecule has 0 saturated carbocycles. The Balaban J connectivity index is 1.65. The van der Waals surface area contributed by atoms with Gasteiger partial charge in [-0.05, 0) is 67.6 Å². The first kappa shape index (κ1) is 20.4. The second-order valence-electron chi connectivity index (χ2n) is 6.16. The topological polar surface area (TPSA) is 61.4 Å². The molecule has 0 aliphatic rings. The van der Waals surface area contributed by atoms with E-state index < -0.39 is 11.9 Å². The second kappa shape index (κ2) is 9.21. The van der Waals surface area contributed by atoms with Crippen molar-refractivity contribution in [3.8, 4) is 0 Å². The van der Waals surface area contributed by atoms with E-state index in [0.29, 0.717) is 12.2 Å². The lowest BCUT2D eigenvalue weighted by Gasteiger charge is -2.23. The van der Waals surface area contributed by atoms with Crippen LogP contribution in [0.15, 0.2) is 72.8 Å². The highest BCUT2D eigenvalue weighted by Gasteiger charge is 2.13. The lowest BCUT2D eigenvalue weighted by molar-refractivity contribution is 0.0967. The van der Waals surface area contributed by atoms with Crippen LogP contribution in [0.5, 0.6) is 0 Å². The van der Waals surface area contributed by atoms with Crippen molar-refractivity contribution in [2.24, 2.45) is 0 Å². The number of halogens is 2. The SMILES string of the molecule is CCN(c1ccc(F)cc1)c1ccc(NC(=O)NC(=O)c2ccccc2Cl)cc1. The molecule has 5 nitrogen and oxygen atoms in total. The smallest absolute Gasteiger partial charge is 0.326 e. The minimum Gasteiger partial charge on any atom is -0.342 e. The number of benzene rings is 3. The minimum absolute atomic E-state index is 0.220. The van der Waals surface area contributed by atoms with Crippen molar-refractivity contribution in [2.75, 3.05) is 16.8 Å². The summed E-state index contributed by atoms with van der Waals surface area (Å²) in [6.45, 7) is 2.68. The molecule has 0 spiro atoms. The van der Waals surface area contributed by atoms with Gasteiger partial charge in [-0.25, -0.2) is 9.18 Å². The maximum Gasteiger partial charge on any atom is 0.326 e. The van der Waals surface area contributed by atoms with Crippen LogP contribution >= 0.6 is 11.6 Å². The van der Waals surface area contributed by atoms with Crippen LogP contribution in [-0.4, -0.2) is 18.5 Å². The van der Waals surface area contributed by atoms with E-state index in [0.717, 1.165) is 11.4 Å². The number of carbonyl (C=O) groups excluding carboxylic acids is 2. The molecule has 0 saturated heterocycles. The summed E-state index contributed by atoms with van der Waals surface area (Å²) in [4.78, 5) is 26.2. The van der Waals surface area contributed by atoms with E-state index in [1.807, 2.05) is 24.0 Å². The minimum atomic E-state index is -0.659. The van der Waals surface area contributed by atoms with Crippen molar-refractivity contribution in [1.82, 2.24) is 5.32 Å². The lowest BCUT2D eigenvalue weighted by Crippen LogP contribution is -2.34. The number of imide groups is 1. The molecule has 3 amide bonds. The number of nitrogens with one attached hydrogen (secondary N) is 2. The monoisotopic (exact) mass is 411 g/mol. The van der Waals surface area contributed by atoms with Crippen LogP contribution in [0.3, 0.4) is 0 Å². The Bertz CT molecular complexity index is 1010. The van der Waals surface area contributed by atoms with Crippen molar-refractivity contribution in [3.63, 3.8) is 0 Å². The summed E-state index contributed by atoms with van der Waals surface area (Å²) in [5.74, 6) is -0.875. The fourth-order valence-electron chi connectivity index (χ4n) is 2.84. The van der Waals surface area contributed by atoms with Gasteiger partial charge in [-0.15, -0.1) is 0 Å². The number of rotatable bonds is 5. The fraction of sp³-hybridized carbons (Fsp3) is 0.0909. The van der Waals surface area contributed by atoms with Crippen molar-refractivity contribution in [1.29, 1.82) is 0 Å². The molecule has 7 heteroatoms. The van der Waals surface area contributed by atoms with Crippen LogP contribution in [0.4, 0.5) is 26.2 Å². The second-order valence-corrected chi connectivity index (χ2v) is 6.56. The predicted molar refractivity (Wildman–Crippen MR) is 113 cm³/mol. The first-order valence-corrected chi connectivity index (χ1v) is 9.35. The molecule has 3 aromatic rings. The number of anilines is 3. The Morgan fingerprint density at radius 2 is 1.52 bits per heavy atom. The van der Waals surface area contributed by atoms with E-state index in [-0.39, 0.29) is 16.4 Å². The van der Waals surface area contributed by atoms with Crippen LogP contribution in [0, 0.1) is 5.82 Å². The Hall–Kier alpha value is -3.38. The molecule has 3 aromatic carbocycles. The van der Waals surface area contributed by atoms with Crippen LogP contribution < -0.4 is 15.5 Å². The van der Waals surface area contributed by atoms with Crippen molar-refractivity contribution >= 4 is 40.6 Å². The molecule has 29 heavy (non-hydrogen) atoms. The summed E-state index contributed by atoms with van der Waals surface area (Å²) in [6.07, 6.45) is 0. The summed E-state index contributed by atoms with van der Waals surface area (Å²) in [6, 6.07) is 19.2. The molecule has 2 N–H and O–H groups in total. The van der Waals surface area contributed by atoms with Gasteiger partial charge in [0.2, 0.25) is 0 Å². The third-order valence-corrected chi connectivity index (χ3v) is 4.57. The van der Waals surface area contributed by atoms with Crippen molar-refractivity contribution in [2.45, 2.75) is 6.92 Å². The van der Waals surface area contributed by atoms with Crippen LogP contribution in [0.1, 0.15) is 17.3 Å². The van der Waals surface area contributed by atoms with E-state index in [4.69, 9.17) is 11.6 Å². The molecule has 0 fully saturated rings. The fourth-order valence-corrected chi connectivity index (χ4v) is 3.06. The maximum atomic E-state index is 13.2. The molecule has 0 atom stereocenters. The number of amides is 3. The largest absolute Gasteiger partial charge is 0.342 e. The predicted octanol–water partition coefficient (Wildman–Crippen LogP) is 5.60. The molecule has 0 heterocycles. The zero-order chi connectivity index (χ0) is 20.8. The normalized spacial score (nSPS) is 10.3. The van der Waals surface area contributed by atoms with E-state index in [1.165, 1.54) is 18.2 Å². The summed E-state index contributed by atoms with van der Waals surface area (Å²) < 4.78 is 13.2. The van der Waals surface area contributed by atoms with E-state index in [1.54, 1.807) is 42.5 Å². The van der Waals surface area contributed by atoms with E-state index in [9.17, 15) is 14.0 Å². The molecule has 0 bridgehead atoms. The molecule has 3 rings (SSSR count). The molecule has 0 radical (unpaired) electrons. The van der Waals surface area contributed by atoms with Gasteiger partial charge >= 0.3 is 6.03 Å². The highest BCUT2D eigenvalue weighted by atomic mass is 35.5. The van der Waals surface area contributed by atoms with Crippen molar-refractivity contribution < 1.29 is 14.0 Å². The Kier molecular flexibility index (Phi) is 6.46. The lowest BCUT2D eigenvalue weighted by atomic mass is 10.2. The third kappa shape index (κ3) is 5.12. The molecular weight excluding hydrogens is 393 g/mol. The summed E-state index contributed by atoms with van der Waals surface area (Å²) in [5, 5.41) is 5.12. The Morgan fingerprint density at radius 1 is 0.931 bits per heavy atom. The zero-order valence-electron chi connectivity index (χ0n) is 15.7. The van der Waals surface area contributed by atoms with E-state index in [2.05, 4.69) is 10.6 Å². The molecule has 148 valence electrons. The summed E-state index contributed by atoms with van der Waals surface area (Å²) in [5.41, 5.74) is 2.49. The maximum absolute atomic E-state index is 13.2. The number of urea groups is 1. The average Bonchev–Trinajstić information content (AvgIpc) is 2.71. The van der Waals surface area contributed by atoms with Crippen LogP contribution in [-0.2, 0) is 0 Å². The van der Waals surface area contributed by atoms with Gasteiger partial charge in [-0.1, -0.05) is 23.7 Å². The highest BCUT2D eigenvalue weighted by molar-refractivity contribution is 6.34. The first-order chi connectivity index (χ1) is 14.0. The number of hydrogen-bond acceptors (Lipinski definition) is 3. The van der Waals surface area contributed by atoms with Crippen molar-refractivity contribution in [3.05, 3.63) is 89.2 Å². The highest BCUT2D eigenvalue weighted by Crippen LogP contribution is 2.26. The summed E-state index contributed by atoms with van der Waals surface area (Å²) in [7, 11) is 0. The van der Waals surface area contributed by atoms with Gasteiger partial charge in [0.15, 0.2) is 0 Å².